The van der Waals surface area contributed by atoms with Crippen molar-refractivity contribution in [2.24, 2.45) is 12.0 Å². The number of aryl methyl sites for hydroxylation is 2. The van der Waals surface area contributed by atoms with E-state index in [9.17, 15) is 4.79 Å². The summed E-state index contributed by atoms with van der Waals surface area (Å²) in [4.78, 5) is 18.5. The highest BCUT2D eigenvalue weighted by Gasteiger charge is 2.11. The van der Waals surface area contributed by atoms with Crippen molar-refractivity contribution >= 4 is 39.2 Å². The van der Waals surface area contributed by atoms with Crippen molar-refractivity contribution < 1.29 is 4.79 Å². The maximum absolute atomic E-state index is 12.4. The molecule has 3 aromatic rings. The van der Waals surface area contributed by atoms with Gasteiger partial charge in [0.25, 0.3) is 5.91 Å². The molecule has 7 heteroatoms. The zero-order chi connectivity index (χ0) is 15.7. The molecule has 3 rings (SSSR count). The van der Waals surface area contributed by atoms with E-state index in [1.54, 1.807) is 28.7 Å². The second-order valence-electron chi connectivity index (χ2n) is 4.73. The summed E-state index contributed by atoms with van der Waals surface area (Å²) in [6.45, 7) is 2.60. The Labute approximate surface area is 136 Å². The van der Waals surface area contributed by atoms with Crippen molar-refractivity contribution in [2.45, 2.75) is 18.4 Å². The van der Waals surface area contributed by atoms with Gasteiger partial charge in [-0.05, 0) is 37.4 Å². The molecule has 0 N–H and O–H groups in total. The van der Waals surface area contributed by atoms with Gasteiger partial charge in [0, 0.05) is 24.7 Å². The molecule has 22 heavy (non-hydrogen) atoms. The number of fused-ring (bicyclic) bond motifs is 1. The Morgan fingerprint density at radius 3 is 2.95 bits per heavy atom. The van der Waals surface area contributed by atoms with Crippen molar-refractivity contribution in [3.63, 3.8) is 0 Å². The Kier molecular flexibility index (Phi) is 4.17. The van der Waals surface area contributed by atoms with Gasteiger partial charge in [-0.2, -0.15) is 10.1 Å². The molecule has 0 atom stereocenters. The zero-order valence-corrected chi connectivity index (χ0v) is 14.2. The minimum Gasteiger partial charge on any atom is -0.319 e. The van der Waals surface area contributed by atoms with E-state index in [4.69, 9.17) is 0 Å². The second kappa shape index (κ2) is 6.10. The first-order chi connectivity index (χ1) is 10.6. The number of nitrogens with zero attached hydrogens (tertiary/aromatic N) is 4. The van der Waals surface area contributed by atoms with Crippen LogP contribution in [0.5, 0.6) is 0 Å². The van der Waals surface area contributed by atoms with E-state index >= 15 is 0 Å². The van der Waals surface area contributed by atoms with Crippen molar-refractivity contribution in [1.29, 1.82) is 0 Å². The first-order valence-corrected chi connectivity index (χ1v) is 8.92. The smallest absolute Gasteiger partial charge is 0.297 e. The van der Waals surface area contributed by atoms with Crippen LogP contribution in [0, 0.1) is 0 Å². The molecule has 0 aliphatic rings. The third kappa shape index (κ3) is 2.62. The highest BCUT2D eigenvalue weighted by molar-refractivity contribution is 7.98. The number of thioether (sulfide) groups is 1. The predicted octanol–water partition coefficient (Wildman–Crippen LogP) is 2.92. The van der Waals surface area contributed by atoms with Gasteiger partial charge in [-0.1, -0.05) is 11.3 Å². The van der Waals surface area contributed by atoms with Gasteiger partial charge < -0.3 is 4.57 Å². The Morgan fingerprint density at radius 2 is 2.23 bits per heavy atom. The summed E-state index contributed by atoms with van der Waals surface area (Å²) in [5.41, 5.74) is 1.60. The molecular formula is C15H16N4OS2. The lowest BCUT2D eigenvalue weighted by atomic mass is 10.3. The molecule has 0 saturated heterocycles. The van der Waals surface area contributed by atoms with Crippen LogP contribution >= 0.6 is 23.1 Å². The molecule has 1 aromatic carbocycles. The standard InChI is InChI=1S/C15H16N4OS2/c1-4-19-12(7-8-16-19)14(20)17-15-18(2)11-6-5-10(21-3)9-13(11)22-15/h5-9H,4H2,1-3H3. The molecule has 0 aliphatic heterocycles. The Balaban J connectivity index is 2.09. The number of amides is 1. The average Bonchev–Trinajstić information content (AvgIpc) is 3.12. The molecule has 0 saturated carbocycles. The van der Waals surface area contributed by atoms with Crippen LogP contribution in [0.15, 0.2) is 40.4 Å². The molecule has 0 bridgehead atoms. The van der Waals surface area contributed by atoms with E-state index in [0.717, 1.165) is 10.2 Å². The van der Waals surface area contributed by atoms with E-state index in [0.29, 0.717) is 17.0 Å². The number of carbonyl (C=O) groups is 1. The first kappa shape index (κ1) is 15.1. The number of hydrogen-bond donors (Lipinski definition) is 0. The van der Waals surface area contributed by atoms with Crippen LogP contribution in [-0.4, -0.2) is 26.5 Å². The van der Waals surface area contributed by atoms with E-state index in [-0.39, 0.29) is 5.91 Å². The first-order valence-electron chi connectivity index (χ1n) is 6.88. The number of hydrogen-bond acceptors (Lipinski definition) is 4. The van der Waals surface area contributed by atoms with Crippen molar-refractivity contribution in [2.75, 3.05) is 6.26 Å². The third-order valence-electron chi connectivity index (χ3n) is 3.45. The summed E-state index contributed by atoms with van der Waals surface area (Å²) in [6.07, 6.45) is 3.68. The van der Waals surface area contributed by atoms with E-state index in [1.807, 2.05) is 18.5 Å². The largest absolute Gasteiger partial charge is 0.319 e. The predicted molar refractivity (Wildman–Crippen MR) is 90.4 cm³/mol. The number of aromatic nitrogens is 3. The lowest BCUT2D eigenvalue weighted by molar-refractivity contribution is 0.0988. The van der Waals surface area contributed by atoms with Gasteiger partial charge in [-0.3, -0.25) is 9.48 Å². The fourth-order valence-corrected chi connectivity index (χ4v) is 3.83. The van der Waals surface area contributed by atoms with E-state index in [2.05, 4.69) is 34.5 Å². The normalized spacial score (nSPS) is 12.2. The Hall–Kier alpha value is -1.86. The Morgan fingerprint density at radius 1 is 1.41 bits per heavy atom. The number of rotatable bonds is 3. The van der Waals surface area contributed by atoms with Crippen LogP contribution in [0.2, 0.25) is 0 Å². The minimum atomic E-state index is -0.258. The van der Waals surface area contributed by atoms with Crippen molar-refractivity contribution in [3.8, 4) is 0 Å². The number of carbonyl (C=O) groups excluding carboxylic acids is 1. The highest BCUT2D eigenvalue weighted by Crippen LogP contribution is 2.23. The molecule has 114 valence electrons. The summed E-state index contributed by atoms with van der Waals surface area (Å²) < 4.78 is 4.74. The molecule has 0 fully saturated rings. The van der Waals surface area contributed by atoms with Gasteiger partial charge in [0.05, 0.1) is 10.2 Å². The summed E-state index contributed by atoms with van der Waals surface area (Å²) in [7, 11) is 1.93. The van der Waals surface area contributed by atoms with Crippen molar-refractivity contribution in [1.82, 2.24) is 14.3 Å². The van der Waals surface area contributed by atoms with Crippen LogP contribution in [-0.2, 0) is 13.6 Å². The van der Waals surface area contributed by atoms with Crippen LogP contribution in [0.25, 0.3) is 10.2 Å². The SMILES string of the molecule is CCn1nccc1C(=O)N=c1sc2cc(SC)ccc2n1C. The average molecular weight is 332 g/mol. The molecule has 2 heterocycles. The van der Waals surface area contributed by atoms with Gasteiger partial charge >= 0.3 is 0 Å². The molecule has 0 radical (unpaired) electrons. The fourth-order valence-electron chi connectivity index (χ4n) is 2.26. The van der Waals surface area contributed by atoms with Gasteiger partial charge in [0.1, 0.15) is 5.69 Å². The van der Waals surface area contributed by atoms with Crippen LogP contribution in [0.1, 0.15) is 17.4 Å². The minimum absolute atomic E-state index is 0.258. The summed E-state index contributed by atoms with van der Waals surface area (Å²) in [5.74, 6) is -0.258. The van der Waals surface area contributed by atoms with Crippen LogP contribution in [0.3, 0.4) is 0 Å². The van der Waals surface area contributed by atoms with Crippen LogP contribution in [0.4, 0.5) is 0 Å². The summed E-state index contributed by atoms with van der Waals surface area (Å²) in [6, 6.07) is 7.98. The molecular weight excluding hydrogens is 316 g/mol. The zero-order valence-electron chi connectivity index (χ0n) is 12.6. The van der Waals surface area contributed by atoms with Gasteiger partial charge in [-0.15, -0.1) is 11.8 Å². The van der Waals surface area contributed by atoms with Crippen LogP contribution < -0.4 is 4.80 Å². The van der Waals surface area contributed by atoms with E-state index in [1.165, 1.54) is 16.2 Å². The highest BCUT2D eigenvalue weighted by atomic mass is 32.2. The van der Waals surface area contributed by atoms with Gasteiger partial charge in [-0.25, -0.2) is 0 Å². The maximum Gasteiger partial charge on any atom is 0.297 e. The number of thiazole rings is 1. The quantitative estimate of drug-likeness (QED) is 0.693. The second-order valence-corrected chi connectivity index (χ2v) is 6.62. The molecule has 1 amide bonds. The Bertz CT molecular complexity index is 904. The maximum atomic E-state index is 12.4. The molecule has 0 unspecified atom stereocenters. The monoisotopic (exact) mass is 332 g/mol. The molecule has 0 aliphatic carbocycles. The lowest BCUT2D eigenvalue weighted by Gasteiger charge is -1.99. The third-order valence-corrected chi connectivity index (χ3v) is 5.27. The summed E-state index contributed by atoms with van der Waals surface area (Å²) >= 11 is 3.23. The summed E-state index contributed by atoms with van der Waals surface area (Å²) in [5, 5.41) is 4.11. The van der Waals surface area contributed by atoms with E-state index < -0.39 is 0 Å². The topological polar surface area (TPSA) is 52.2 Å². The van der Waals surface area contributed by atoms with Gasteiger partial charge in [0.2, 0.25) is 0 Å². The number of benzene rings is 1. The fraction of sp³-hybridized carbons (Fsp3) is 0.267. The van der Waals surface area contributed by atoms with Gasteiger partial charge in [0.15, 0.2) is 4.80 Å². The lowest BCUT2D eigenvalue weighted by Crippen LogP contribution is -2.15. The molecule has 0 spiro atoms. The van der Waals surface area contributed by atoms with Crippen molar-refractivity contribution in [3.05, 3.63) is 41.0 Å². The molecule has 5 nitrogen and oxygen atoms in total. The molecule has 2 aromatic heterocycles.